The van der Waals surface area contributed by atoms with E-state index in [1.165, 1.54) is 4.90 Å². The molecule has 0 spiro atoms. The molecule has 0 fully saturated rings. The number of amides is 2. The first kappa shape index (κ1) is 15.3. The van der Waals surface area contributed by atoms with E-state index in [0.29, 0.717) is 11.4 Å². The second-order valence-electron chi connectivity index (χ2n) is 4.58. The lowest BCUT2D eigenvalue weighted by Gasteiger charge is -2.20. The fraction of sp³-hybridized carbons (Fsp3) is 0.417. The van der Waals surface area contributed by atoms with Crippen LogP contribution in [-0.4, -0.2) is 33.8 Å². The zero-order valence-corrected chi connectivity index (χ0v) is 12.3. The fourth-order valence-corrected chi connectivity index (χ4v) is 1.99. The maximum absolute atomic E-state index is 11.8. The first-order valence-electron chi connectivity index (χ1n) is 5.81. The average Bonchev–Trinajstić information content (AvgIpc) is 2.26. The van der Waals surface area contributed by atoms with Gasteiger partial charge in [0.15, 0.2) is 0 Å². The van der Waals surface area contributed by atoms with Gasteiger partial charge in [0.25, 0.3) is 0 Å². The van der Waals surface area contributed by atoms with E-state index in [9.17, 15) is 13.2 Å². The molecule has 6 nitrogen and oxygen atoms in total. The largest absolute Gasteiger partial charge is 0.336 e. The van der Waals surface area contributed by atoms with Crippen molar-refractivity contribution in [2.45, 2.75) is 19.9 Å². The summed E-state index contributed by atoms with van der Waals surface area (Å²) in [4.78, 5) is 13.2. The minimum atomic E-state index is -3.29. The molecule has 7 heteroatoms. The molecular formula is C12H19N3O3S. The van der Waals surface area contributed by atoms with E-state index in [2.05, 4.69) is 10.0 Å². The van der Waals surface area contributed by atoms with Crippen LogP contribution < -0.4 is 14.9 Å². The van der Waals surface area contributed by atoms with Gasteiger partial charge in [-0.25, -0.2) is 13.2 Å². The van der Waals surface area contributed by atoms with Crippen LogP contribution in [0.25, 0.3) is 0 Å². The van der Waals surface area contributed by atoms with E-state index < -0.39 is 10.0 Å². The van der Waals surface area contributed by atoms with Crippen molar-refractivity contribution in [1.82, 2.24) is 5.32 Å². The highest BCUT2D eigenvalue weighted by atomic mass is 32.2. The summed E-state index contributed by atoms with van der Waals surface area (Å²) < 4.78 is 24.5. The number of hydrogen-bond donors (Lipinski definition) is 2. The van der Waals surface area contributed by atoms with E-state index in [4.69, 9.17) is 0 Å². The number of sulfonamides is 1. The Bertz CT molecular complexity index is 538. The van der Waals surface area contributed by atoms with Crippen molar-refractivity contribution in [2.24, 2.45) is 0 Å². The van der Waals surface area contributed by atoms with E-state index in [0.717, 1.165) is 6.26 Å². The van der Waals surface area contributed by atoms with Crippen molar-refractivity contribution >= 4 is 27.4 Å². The smallest absolute Gasteiger partial charge is 0.321 e. The Morgan fingerprint density at radius 3 is 2.16 bits per heavy atom. The molecular weight excluding hydrogens is 266 g/mol. The predicted octanol–water partition coefficient (Wildman–Crippen LogP) is 1.61. The van der Waals surface area contributed by atoms with Crippen molar-refractivity contribution in [1.29, 1.82) is 0 Å². The molecule has 0 saturated carbocycles. The molecule has 0 heterocycles. The lowest BCUT2D eigenvalue weighted by molar-refractivity contribution is 0.245. The zero-order chi connectivity index (χ0) is 14.6. The Morgan fingerprint density at radius 2 is 1.74 bits per heavy atom. The van der Waals surface area contributed by atoms with Gasteiger partial charge in [0.1, 0.15) is 0 Å². The molecule has 1 aromatic rings. The number of hydrogen-bond acceptors (Lipinski definition) is 3. The second-order valence-corrected chi connectivity index (χ2v) is 6.33. The van der Waals surface area contributed by atoms with Gasteiger partial charge in [0.05, 0.1) is 6.26 Å². The maximum atomic E-state index is 11.8. The van der Waals surface area contributed by atoms with Gasteiger partial charge in [-0.15, -0.1) is 0 Å². The number of anilines is 2. The molecule has 0 aromatic heterocycles. The molecule has 2 amide bonds. The fourth-order valence-electron chi connectivity index (χ4n) is 1.43. The van der Waals surface area contributed by atoms with Crippen LogP contribution in [0.4, 0.5) is 16.2 Å². The minimum Gasteiger partial charge on any atom is -0.336 e. The van der Waals surface area contributed by atoms with Gasteiger partial charge in [0.2, 0.25) is 10.0 Å². The van der Waals surface area contributed by atoms with E-state index in [1.54, 1.807) is 31.3 Å². The maximum Gasteiger partial charge on any atom is 0.321 e. The monoisotopic (exact) mass is 285 g/mol. The van der Waals surface area contributed by atoms with Gasteiger partial charge in [-0.3, -0.25) is 9.62 Å². The molecule has 0 aliphatic heterocycles. The Kier molecular flexibility index (Phi) is 4.77. The summed E-state index contributed by atoms with van der Waals surface area (Å²) >= 11 is 0. The van der Waals surface area contributed by atoms with Gasteiger partial charge in [0, 0.05) is 24.5 Å². The van der Waals surface area contributed by atoms with Gasteiger partial charge in [-0.2, -0.15) is 0 Å². The van der Waals surface area contributed by atoms with Crippen molar-refractivity contribution in [3.63, 3.8) is 0 Å². The number of benzene rings is 1. The van der Waals surface area contributed by atoms with E-state index in [-0.39, 0.29) is 12.1 Å². The van der Waals surface area contributed by atoms with Crippen molar-refractivity contribution in [3.8, 4) is 0 Å². The Balaban J connectivity index is 2.78. The molecule has 106 valence electrons. The summed E-state index contributed by atoms with van der Waals surface area (Å²) in [7, 11) is -1.64. The molecule has 0 unspecified atom stereocenters. The topological polar surface area (TPSA) is 78.5 Å². The number of carbonyl (C=O) groups is 1. The summed E-state index contributed by atoms with van der Waals surface area (Å²) in [6.07, 6.45) is 1.09. The minimum absolute atomic E-state index is 0.0566. The summed E-state index contributed by atoms with van der Waals surface area (Å²) in [5, 5.41) is 2.77. The van der Waals surface area contributed by atoms with Gasteiger partial charge in [-0.1, -0.05) is 0 Å². The number of carbonyl (C=O) groups excluding carboxylic acids is 1. The van der Waals surface area contributed by atoms with Crippen molar-refractivity contribution < 1.29 is 13.2 Å². The lowest BCUT2D eigenvalue weighted by Crippen LogP contribution is -2.40. The first-order chi connectivity index (χ1) is 8.69. The molecule has 0 saturated heterocycles. The summed E-state index contributed by atoms with van der Waals surface area (Å²) in [6.45, 7) is 3.76. The summed E-state index contributed by atoms with van der Waals surface area (Å²) in [5.41, 5.74) is 1.14. The van der Waals surface area contributed by atoms with Gasteiger partial charge < -0.3 is 5.32 Å². The van der Waals surface area contributed by atoms with E-state index >= 15 is 0 Å². The molecule has 0 aliphatic carbocycles. The summed E-state index contributed by atoms with van der Waals surface area (Å²) in [6, 6.07) is 6.41. The normalized spacial score (nSPS) is 11.2. The molecule has 0 radical (unpaired) electrons. The van der Waals surface area contributed by atoms with Crippen molar-refractivity contribution in [2.75, 3.05) is 22.9 Å². The molecule has 0 atom stereocenters. The summed E-state index contributed by atoms with van der Waals surface area (Å²) in [5.74, 6) is 0. The third-order valence-electron chi connectivity index (χ3n) is 2.27. The van der Waals surface area contributed by atoms with Crippen LogP contribution in [0.3, 0.4) is 0 Å². The molecule has 19 heavy (non-hydrogen) atoms. The highest BCUT2D eigenvalue weighted by molar-refractivity contribution is 7.92. The molecule has 1 rings (SSSR count). The average molecular weight is 285 g/mol. The predicted molar refractivity (Wildman–Crippen MR) is 77.0 cm³/mol. The van der Waals surface area contributed by atoms with Crippen LogP contribution in [0.1, 0.15) is 13.8 Å². The quantitative estimate of drug-likeness (QED) is 0.882. The number of nitrogens with one attached hydrogen (secondary N) is 2. The third-order valence-corrected chi connectivity index (χ3v) is 2.88. The standard InChI is InChI=1S/C12H19N3O3S/c1-9(2)13-12(16)15(3)11-7-5-10(6-8-11)14-19(4,17)18/h5-9,14H,1-4H3,(H,13,16). The SMILES string of the molecule is CC(C)NC(=O)N(C)c1ccc(NS(C)(=O)=O)cc1. The Labute approximate surface area is 113 Å². The van der Waals surface area contributed by atoms with Gasteiger partial charge in [-0.05, 0) is 38.1 Å². The third kappa shape index (κ3) is 5.17. The highest BCUT2D eigenvalue weighted by Crippen LogP contribution is 2.17. The zero-order valence-electron chi connectivity index (χ0n) is 11.5. The number of urea groups is 1. The lowest BCUT2D eigenvalue weighted by atomic mass is 10.2. The number of rotatable bonds is 4. The molecule has 0 aliphatic rings. The van der Waals surface area contributed by atoms with Crippen LogP contribution in [0, 0.1) is 0 Å². The van der Waals surface area contributed by atoms with Crippen LogP contribution in [0.15, 0.2) is 24.3 Å². The van der Waals surface area contributed by atoms with Crippen LogP contribution >= 0.6 is 0 Å². The molecule has 1 aromatic carbocycles. The number of nitrogens with zero attached hydrogens (tertiary/aromatic N) is 1. The van der Waals surface area contributed by atoms with Gasteiger partial charge >= 0.3 is 6.03 Å². The van der Waals surface area contributed by atoms with Crippen LogP contribution in [-0.2, 0) is 10.0 Å². The molecule has 0 bridgehead atoms. The second kappa shape index (κ2) is 5.92. The highest BCUT2D eigenvalue weighted by Gasteiger charge is 2.11. The van der Waals surface area contributed by atoms with E-state index in [1.807, 2.05) is 13.8 Å². The van der Waals surface area contributed by atoms with Crippen LogP contribution in [0.5, 0.6) is 0 Å². The van der Waals surface area contributed by atoms with Crippen LogP contribution in [0.2, 0.25) is 0 Å². The Hall–Kier alpha value is -1.76. The first-order valence-corrected chi connectivity index (χ1v) is 7.70. The van der Waals surface area contributed by atoms with Crippen molar-refractivity contribution in [3.05, 3.63) is 24.3 Å². The molecule has 2 N–H and O–H groups in total. The Morgan fingerprint density at radius 1 is 1.21 bits per heavy atom.